The second-order valence-electron chi connectivity index (χ2n) is 5.01. The Morgan fingerprint density at radius 2 is 1.74 bits per heavy atom. The van der Waals surface area contributed by atoms with E-state index >= 15 is 0 Å². The second kappa shape index (κ2) is 9.31. The molecule has 0 bridgehead atoms. The first-order valence-electron chi connectivity index (χ1n) is 7.56. The van der Waals surface area contributed by atoms with E-state index in [4.69, 9.17) is 38.2 Å². The van der Waals surface area contributed by atoms with Crippen molar-refractivity contribution in [2.45, 2.75) is 19.9 Å². The van der Waals surface area contributed by atoms with E-state index in [0.29, 0.717) is 38.9 Å². The van der Waals surface area contributed by atoms with Gasteiger partial charge < -0.3 is 14.9 Å². The zero-order chi connectivity index (χ0) is 20.0. The quantitative estimate of drug-likeness (QED) is 0.609. The summed E-state index contributed by atoms with van der Waals surface area (Å²) in [7, 11) is 0. The molecule has 0 radical (unpaired) electrons. The van der Waals surface area contributed by atoms with Crippen LogP contribution in [-0.2, 0) is 22.6 Å². The van der Waals surface area contributed by atoms with Gasteiger partial charge in [-0.3, -0.25) is 14.4 Å². The summed E-state index contributed by atoms with van der Waals surface area (Å²) in [5, 5.41) is 22.5. The van der Waals surface area contributed by atoms with Crippen LogP contribution in [0.3, 0.4) is 0 Å². The van der Waals surface area contributed by atoms with Crippen LogP contribution in [0.5, 0.6) is 11.5 Å². The number of ether oxygens (including phenoxy) is 1. The van der Waals surface area contributed by atoms with E-state index in [0.717, 1.165) is 0 Å². The lowest BCUT2D eigenvalue weighted by Gasteiger charge is -2.16. The highest BCUT2D eigenvalue weighted by atomic mass is 35.5. The molecule has 1 aromatic heterocycles. The number of hydroxylamine groups is 2. The molecule has 0 saturated heterocycles. The van der Waals surface area contributed by atoms with Crippen molar-refractivity contribution >= 4 is 35.5 Å². The largest absolute Gasteiger partial charge is 0.528 e. The Kier molecular flexibility index (Phi) is 7.11. The van der Waals surface area contributed by atoms with Gasteiger partial charge in [-0.05, 0) is 24.6 Å². The molecule has 2 N–H and O–H groups in total. The molecular formula is C15H15Cl2N3O7. The highest BCUT2D eigenvalue weighted by Crippen LogP contribution is 2.30. The van der Waals surface area contributed by atoms with Crippen LogP contribution < -0.4 is 4.74 Å². The van der Waals surface area contributed by atoms with E-state index in [1.165, 1.54) is 10.9 Å². The van der Waals surface area contributed by atoms with Crippen LogP contribution in [-0.4, -0.2) is 44.1 Å². The maximum absolute atomic E-state index is 10.6. The van der Waals surface area contributed by atoms with Crippen molar-refractivity contribution in [1.29, 1.82) is 0 Å². The van der Waals surface area contributed by atoms with Gasteiger partial charge in [-0.2, -0.15) is 5.10 Å². The van der Waals surface area contributed by atoms with Crippen molar-refractivity contribution in [1.82, 2.24) is 15.0 Å². The number of carboxylic acid groups (broad SMARTS) is 2. The van der Waals surface area contributed by atoms with E-state index in [-0.39, 0.29) is 13.1 Å². The maximum atomic E-state index is 10.6. The normalized spacial score (nSPS) is 10.7. The molecule has 0 aliphatic heterocycles. The maximum Gasteiger partial charge on any atom is 0.528 e. The molecule has 1 heterocycles. The Bertz CT molecular complexity index is 791. The Labute approximate surface area is 163 Å². The van der Waals surface area contributed by atoms with Crippen molar-refractivity contribution in [3.8, 4) is 11.5 Å². The van der Waals surface area contributed by atoms with Gasteiger partial charge in [-0.1, -0.05) is 30.1 Å². The fourth-order valence-corrected chi connectivity index (χ4v) is 2.71. The predicted molar refractivity (Wildman–Crippen MR) is 93.1 cm³/mol. The van der Waals surface area contributed by atoms with Gasteiger partial charge in [0.15, 0.2) is 5.75 Å². The van der Waals surface area contributed by atoms with E-state index in [2.05, 4.69) is 14.8 Å². The summed E-state index contributed by atoms with van der Waals surface area (Å²) < 4.78 is 7.27. The summed E-state index contributed by atoms with van der Waals surface area (Å²) in [5.41, 5.74) is 0.677. The number of benzene rings is 1. The zero-order valence-electron chi connectivity index (χ0n) is 14.0. The Morgan fingerprint density at radius 1 is 1.15 bits per heavy atom. The lowest BCUT2D eigenvalue weighted by Crippen LogP contribution is -2.32. The molecule has 0 saturated carbocycles. The number of hydrogen-bond donors (Lipinski definition) is 2. The van der Waals surface area contributed by atoms with Crippen LogP contribution in [0.2, 0.25) is 10.0 Å². The van der Waals surface area contributed by atoms with Crippen LogP contribution in [0, 0.1) is 0 Å². The number of halogens is 2. The molecule has 0 aliphatic carbocycles. The molecule has 1 aromatic carbocycles. The first-order valence-corrected chi connectivity index (χ1v) is 8.32. The fraction of sp³-hybridized carbons (Fsp3) is 0.267. The first-order chi connectivity index (χ1) is 12.8. The second-order valence-corrected chi connectivity index (χ2v) is 5.88. The Balaban J connectivity index is 2.12. The number of rotatable bonds is 8. The Hall–Kier alpha value is -2.69. The molecule has 0 unspecified atom stereocenters. The van der Waals surface area contributed by atoms with Gasteiger partial charge in [0.25, 0.3) is 0 Å². The standard InChI is InChI=1S/C15H15Cl2N3O7/c1-2-12-13(25-11-6-9(16)5-10(17)7-11)8-18-19(12)3-4-20(26-14(21)22)27-15(23)24/h5-8H,2-4H2,1H3,(H,21,22)(H,23,24). The third kappa shape index (κ3) is 6.20. The molecule has 146 valence electrons. The van der Waals surface area contributed by atoms with Crippen molar-refractivity contribution in [3.05, 3.63) is 40.1 Å². The summed E-state index contributed by atoms with van der Waals surface area (Å²) in [5.74, 6) is 0.868. The van der Waals surface area contributed by atoms with Crippen LogP contribution in [0.15, 0.2) is 24.4 Å². The van der Waals surface area contributed by atoms with E-state index in [1.807, 2.05) is 6.92 Å². The smallest absolute Gasteiger partial charge is 0.454 e. The molecular weight excluding hydrogens is 405 g/mol. The summed E-state index contributed by atoms with van der Waals surface area (Å²) in [6.45, 7) is 1.71. The summed E-state index contributed by atoms with van der Waals surface area (Å²) in [6.07, 6.45) is -1.43. The minimum atomic E-state index is -1.71. The molecule has 0 aliphatic rings. The molecule has 0 amide bonds. The van der Waals surface area contributed by atoms with Crippen molar-refractivity contribution in [2.75, 3.05) is 6.54 Å². The van der Waals surface area contributed by atoms with Gasteiger partial charge in [-0.15, -0.1) is 0 Å². The van der Waals surface area contributed by atoms with Crippen LogP contribution in [0.4, 0.5) is 9.59 Å². The molecule has 10 nitrogen and oxygen atoms in total. The van der Waals surface area contributed by atoms with E-state index < -0.39 is 12.3 Å². The highest BCUT2D eigenvalue weighted by molar-refractivity contribution is 6.34. The van der Waals surface area contributed by atoms with Gasteiger partial charge in [0, 0.05) is 15.3 Å². The highest BCUT2D eigenvalue weighted by Gasteiger charge is 2.18. The van der Waals surface area contributed by atoms with Gasteiger partial charge in [0.05, 0.1) is 25.0 Å². The Morgan fingerprint density at radius 3 is 2.26 bits per heavy atom. The van der Waals surface area contributed by atoms with Gasteiger partial charge in [0.2, 0.25) is 0 Å². The summed E-state index contributed by atoms with van der Waals surface area (Å²) >= 11 is 11.9. The molecule has 27 heavy (non-hydrogen) atoms. The lowest BCUT2D eigenvalue weighted by molar-refractivity contribution is -0.311. The van der Waals surface area contributed by atoms with Crippen LogP contribution in [0.25, 0.3) is 0 Å². The van der Waals surface area contributed by atoms with Crippen molar-refractivity contribution < 1.29 is 34.2 Å². The minimum Gasteiger partial charge on any atom is -0.454 e. The minimum absolute atomic E-state index is 0.0728. The number of hydrogen-bond acceptors (Lipinski definition) is 7. The van der Waals surface area contributed by atoms with Gasteiger partial charge in [-0.25, -0.2) is 9.59 Å². The van der Waals surface area contributed by atoms with Gasteiger partial charge >= 0.3 is 12.3 Å². The average molecular weight is 420 g/mol. The fourth-order valence-electron chi connectivity index (χ4n) is 2.20. The van der Waals surface area contributed by atoms with Crippen LogP contribution >= 0.6 is 23.2 Å². The van der Waals surface area contributed by atoms with Crippen molar-refractivity contribution in [3.63, 3.8) is 0 Å². The molecule has 2 rings (SSSR count). The third-order valence-electron chi connectivity index (χ3n) is 3.16. The average Bonchev–Trinajstić information content (AvgIpc) is 2.92. The molecule has 12 heteroatoms. The number of carbonyl (C=O) groups is 2. The summed E-state index contributed by atoms with van der Waals surface area (Å²) in [6, 6.07) is 4.75. The monoisotopic (exact) mass is 419 g/mol. The molecule has 0 atom stereocenters. The number of nitrogens with zero attached hydrogens (tertiary/aromatic N) is 3. The molecule has 2 aromatic rings. The van der Waals surface area contributed by atoms with Gasteiger partial charge in [0.1, 0.15) is 5.75 Å². The molecule has 0 spiro atoms. The van der Waals surface area contributed by atoms with Crippen LogP contribution in [0.1, 0.15) is 12.6 Å². The zero-order valence-corrected chi connectivity index (χ0v) is 15.5. The van der Waals surface area contributed by atoms with Crippen molar-refractivity contribution in [2.24, 2.45) is 0 Å². The predicted octanol–water partition coefficient (Wildman–Crippen LogP) is 4.07. The SMILES string of the molecule is CCc1c(Oc2cc(Cl)cc(Cl)c2)cnn1CCN(OC(=O)O)OC(=O)O. The third-order valence-corrected chi connectivity index (χ3v) is 3.60. The molecule has 0 fully saturated rings. The topological polar surface area (TPSA) is 123 Å². The van der Waals surface area contributed by atoms with E-state index in [9.17, 15) is 9.59 Å². The lowest BCUT2D eigenvalue weighted by atomic mass is 10.3. The number of aromatic nitrogens is 2. The van der Waals surface area contributed by atoms with E-state index in [1.54, 1.807) is 18.2 Å². The first kappa shape index (κ1) is 20.6. The summed E-state index contributed by atoms with van der Waals surface area (Å²) in [4.78, 5) is 29.6.